The molecule has 1 aliphatic rings. The van der Waals surface area contributed by atoms with Gasteiger partial charge in [-0.25, -0.2) is 4.98 Å². The minimum atomic E-state index is 0. The van der Waals surface area contributed by atoms with E-state index in [1.165, 1.54) is 16.3 Å². The average Bonchev–Trinajstić information content (AvgIpc) is 2.90. The summed E-state index contributed by atoms with van der Waals surface area (Å²) in [6.45, 7) is 6.55. The van der Waals surface area contributed by atoms with E-state index in [1.807, 2.05) is 0 Å². The van der Waals surface area contributed by atoms with Gasteiger partial charge in [0.15, 0.2) is 0 Å². The number of hydrogen-bond donors (Lipinski definition) is 1. The number of benzene rings is 1. The summed E-state index contributed by atoms with van der Waals surface area (Å²) in [5.74, 6) is 0. The van der Waals surface area contributed by atoms with Crippen molar-refractivity contribution < 1.29 is 0 Å². The largest absolute Gasteiger partial charge is 0.314 e. The fraction of sp³-hybridized carbons (Fsp3) is 0.438. The first-order chi connectivity index (χ1) is 9.81. The van der Waals surface area contributed by atoms with Gasteiger partial charge in [0.1, 0.15) is 0 Å². The van der Waals surface area contributed by atoms with Crippen LogP contribution >= 0.6 is 36.2 Å². The van der Waals surface area contributed by atoms with Gasteiger partial charge >= 0.3 is 0 Å². The summed E-state index contributed by atoms with van der Waals surface area (Å²) in [6.07, 6.45) is 0.947. The third-order valence-corrected chi connectivity index (χ3v) is 4.70. The molecule has 0 aliphatic carbocycles. The first-order valence-electron chi connectivity index (χ1n) is 7.23. The second kappa shape index (κ2) is 9.48. The highest BCUT2D eigenvalue weighted by Gasteiger charge is 2.18. The maximum Gasteiger partial charge on any atom is 0.0972 e. The van der Waals surface area contributed by atoms with E-state index in [4.69, 9.17) is 4.98 Å². The van der Waals surface area contributed by atoms with Crippen LogP contribution in [0.15, 0.2) is 35.7 Å². The van der Waals surface area contributed by atoms with E-state index in [0.29, 0.717) is 6.04 Å². The van der Waals surface area contributed by atoms with Crippen molar-refractivity contribution in [2.75, 3.05) is 19.6 Å². The molecule has 1 N–H and O–H groups in total. The lowest BCUT2D eigenvalue weighted by atomic mass is 10.2. The van der Waals surface area contributed by atoms with Crippen molar-refractivity contribution >= 4 is 36.2 Å². The Bertz CT molecular complexity index is 547. The fourth-order valence-corrected chi connectivity index (χ4v) is 3.42. The molecule has 1 atom stereocenters. The molecule has 122 valence electrons. The van der Waals surface area contributed by atoms with E-state index in [1.54, 1.807) is 11.3 Å². The third-order valence-electron chi connectivity index (χ3n) is 3.80. The fourth-order valence-electron chi connectivity index (χ4n) is 2.60. The highest BCUT2D eigenvalue weighted by molar-refractivity contribution is 7.09. The normalized spacial score (nSPS) is 18.3. The lowest BCUT2D eigenvalue weighted by molar-refractivity contribution is 0.164. The highest BCUT2D eigenvalue weighted by atomic mass is 35.5. The molecule has 1 aromatic heterocycles. The molecule has 1 aromatic carbocycles. The van der Waals surface area contributed by atoms with Crippen molar-refractivity contribution in [1.82, 2.24) is 15.2 Å². The summed E-state index contributed by atoms with van der Waals surface area (Å²) in [6, 6.07) is 11.2. The van der Waals surface area contributed by atoms with E-state index >= 15 is 0 Å². The molecule has 1 fully saturated rings. The zero-order chi connectivity index (χ0) is 13.8. The molecule has 1 saturated heterocycles. The van der Waals surface area contributed by atoms with Crippen LogP contribution in [0.2, 0.25) is 0 Å². The number of rotatable bonds is 4. The molecule has 0 unspecified atom stereocenters. The summed E-state index contributed by atoms with van der Waals surface area (Å²) >= 11 is 1.78. The molecule has 22 heavy (non-hydrogen) atoms. The minimum absolute atomic E-state index is 0. The molecule has 2 heterocycles. The Balaban J connectivity index is 0.00000121. The predicted molar refractivity (Wildman–Crippen MR) is 98.6 cm³/mol. The van der Waals surface area contributed by atoms with Crippen LogP contribution in [0.3, 0.4) is 0 Å². The molecule has 0 radical (unpaired) electrons. The molecule has 0 spiro atoms. The van der Waals surface area contributed by atoms with Crippen molar-refractivity contribution in [3.63, 3.8) is 0 Å². The van der Waals surface area contributed by atoms with Gasteiger partial charge in [-0.15, -0.1) is 36.2 Å². The van der Waals surface area contributed by atoms with Gasteiger partial charge in [0.05, 0.1) is 10.7 Å². The van der Waals surface area contributed by atoms with Gasteiger partial charge in [0, 0.05) is 44.0 Å². The maximum atomic E-state index is 4.79. The summed E-state index contributed by atoms with van der Waals surface area (Å²) in [7, 11) is 0. The first-order valence-corrected chi connectivity index (χ1v) is 8.11. The Morgan fingerprint density at radius 3 is 2.77 bits per heavy atom. The molecule has 2 aromatic rings. The summed E-state index contributed by atoms with van der Waals surface area (Å²) in [4.78, 5) is 7.30. The molecule has 6 heteroatoms. The topological polar surface area (TPSA) is 28.2 Å². The molecule has 0 bridgehead atoms. The number of piperazine rings is 1. The number of aromatic nitrogens is 1. The van der Waals surface area contributed by atoms with E-state index in [2.05, 4.69) is 52.9 Å². The van der Waals surface area contributed by atoms with Crippen molar-refractivity contribution in [2.24, 2.45) is 0 Å². The first kappa shape index (κ1) is 19.4. The van der Waals surface area contributed by atoms with E-state index in [-0.39, 0.29) is 24.8 Å². The smallest absolute Gasteiger partial charge is 0.0972 e. The average molecular weight is 360 g/mol. The molecule has 3 nitrogen and oxygen atoms in total. The Morgan fingerprint density at radius 2 is 2.05 bits per heavy atom. The van der Waals surface area contributed by atoms with Crippen molar-refractivity contribution in [3.05, 3.63) is 52.0 Å². The van der Waals surface area contributed by atoms with E-state index in [0.717, 1.165) is 32.6 Å². The molecule has 0 amide bonds. The number of nitrogens with zero attached hydrogens (tertiary/aromatic N) is 2. The number of hydrogen-bond acceptors (Lipinski definition) is 4. The third kappa shape index (κ3) is 5.21. The Hall–Kier alpha value is -0.650. The minimum Gasteiger partial charge on any atom is -0.314 e. The lowest BCUT2D eigenvalue weighted by Crippen LogP contribution is -2.49. The number of nitrogens with one attached hydrogen (secondary N) is 1. The quantitative estimate of drug-likeness (QED) is 0.906. The Labute approximate surface area is 149 Å². The lowest BCUT2D eigenvalue weighted by Gasteiger charge is -2.33. The molecule has 3 rings (SSSR count). The van der Waals surface area contributed by atoms with Gasteiger partial charge in [-0.1, -0.05) is 30.3 Å². The zero-order valence-electron chi connectivity index (χ0n) is 12.7. The molecule has 1 aliphatic heterocycles. The predicted octanol–water partition coefficient (Wildman–Crippen LogP) is 3.37. The van der Waals surface area contributed by atoms with Crippen LogP contribution in [-0.4, -0.2) is 35.6 Å². The van der Waals surface area contributed by atoms with Crippen LogP contribution in [-0.2, 0) is 13.0 Å². The van der Waals surface area contributed by atoms with Gasteiger partial charge in [0.2, 0.25) is 0 Å². The molecular formula is C16H23Cl2N3S. The SMILES string of the molecule is C[C@@H]1CNCCN1Cc1csc(Cc2ccccc2)n1.Cl.Cl. The van der Waals surface area contributed by atoms with Crippen LogP contribution in [0.4, 0.5) is 0 Å². The standard InChI is InChI=1S/C16H21N3S.2ClH/c1-13-10-17-7-8-19(13)11-15-12-20-16(18-15)9-14-5-3-2-4-6-14;;/h2-6,12-13,17H,7-11H2,1H3;2*1H/t13-;;/m1../s1. The Morgan fingerprint density at radius 1 is 1.27 bits per heavy atom. The summed E-state index contributed by atoms with van der Waals surface area (Å²) in [5, 5.41) is 6.86. The van der Waals surface area contributed by atoms with Crippen LogP contribution in [0, 0.1) is 0 Å². The zero-order valence-corrected chi connectivity index (χ0v) is 15.1. The second-order valence-corrected chi connectivity index (χ2v) is 6.36. The Kier molecular flexibility index (Phi) is 8.36. The van der Waals surface area contributed by atoms with Gasteiger partial charge in [0.25, 0.3) is 0 Å². The van der Waals surface area contributed by atoms with Crippen LogP contribution < -0.4 is 5.32 Å². The van der Waals surface area contributed by atoms with Crippen LogP contribution in [0.5, 0.6) is 0 Å². The molecule has 0 saturated carbocycles. The highest BCUT2D eigenvalue weighted by Crippen LogP contribution is 2.17. The maximum absolute atomic E-state index is 4.79. The number of halogens is 2. The molecular weight excluding hydrogens is 337 g/mol. The van der Waals surface area contributed by atoms with Crippen LogP contribution in [0.25, 0.3) is 0 Å². The summed E-state index contributed by atoms with van der Waals surface area (Å²) in [5.41, 5.74) is 2.55. The van der Waals surface area contributed by atoms with E-state index in [9.17, 15) is 0 Å². The van der Waals surface area contributed by atoms with Crippen molar-refractivity contribution in [2.45, 2.75) is 25.9 Å². The monoisotopic (exact) mass is 359 g/mol. The summed E-state index contributed by atoms with van der Waals surface area (Å²) < 4.78 is 0. The number of thiazole rings is 1. The van der Waals surface area contributed by atoms with Crippen molar-refractivity contribution in [1.29, 1.82) is 0 Å². The van der Waals surface area contributed by atoms with Gasteiger partial charge in [-0.05, 0) is 12.5 Å². The van der Waals surface area contributed by atoms with Gasteiger partial charge < -0.3 is 5.32 Å². The second-order valence-electron chi connectivity index (χ2n) is 5.42. The van der Waals surface area contributed by atoms with Crippen LogP contribution in [0.1, 0.15) is 23.2 Å². The van der Waals surface area contributed by atoms with E-state index < -0.39 is 0 Å². The van der Waals surface area contributed by atoms with Gasteiger partial charge in [-0.2, -0.15) is 0 Å². The van der Waals surface area contributed by atoms with Gasteiger partial charge in [-0.3, -0.25) is 4.90 Å². The van der Waals surface area contributed by atoms with Crippen molar-refractivity contribution in [3.8, 4) is 0 Å².